The number of esters is 1. The molecule has 0 aliphatic rings. The average molecular weight is 545 g/mol. The number of nitrogens with two attached hydrogens (primary N) is 1. The number of anilines is 1. The zero-order chi connectivity index (χ0) is 27.5. The van der Waals surface area contributed by atoms with Crippen LogP contribution in [0.4, 0.5) is 23.2 Å². The fourth-order valence-electron chi connectivity index (χ4n) is 3.17. The van der Waals surface area contributed by atoms with E-state index in [1.807, 2.05) is 0 Å². The number of alkyl halides is 3. The summed E-state index contributed by atoms with van der Waals surface area (Å²) in [6.07, 6.45) is -3.99. The Morgan fingerprint density at radius 1 is 1.22 bits per heavy atom. The van der Waals surface area contributed by atoms with E-state index in [1.54, 1.807) is 14.0 Å². The SMILES string of the molecule is COc1ccc(C(=O)Nc2ccc(OC[C@@H](C)N)c(-c3c(Cl)cnn3C)c2)c(F)c1OC(=O)C(F)(F)F. The molecule has 9 nitrogen and oxygen atoms in total. The minimum Gasteiger partial charge on any atom is -0.493 e. The number of halogens is 5. The molecular formula is C23H21ClF4N4O5. The lowest BCUT2D eigenvalue weighted by molar-refractivity contribution is -0.190. The van der Waals surface area contributed by atoms with E-state index in [9.17, 15) is 22.8 Å². The average Bonchev–Trinajstić information content (AvgIpc) is 3.16. The van der Waals surface area contributed by atoms with Crippen LogP contribution in [-0.2, 0) is 11.8 Å². The van der Waals surface area contributed by atoms with Gasteiger partial charge in [-0.2, -0.15) is 18.3 Å². The molecule has 14 heteroatoms. The van der Waals surface area contributed by atoms with Gasteiger partial charge in [-0.3, -0.25) is 9.48 Å². The molecule has 0 aliphatic carbocycles. The van der Waals surface area contributed by atoms with Gasteiger partial charge < -0.3 is 25.3 Å². The fourth-order valence-corrected chi connectivity index (χ4v) is 3.44. The number of amides is 1. The summed E-state index contributed by atoms with van der Waals surface area (Å²) in [5, 5.41) is 6.81. The Morgan fingerprint density at radius 3 is 2.46 bits per heavy atom. The second-order valence-electron chi connectivity index (χ2n) is 7.76. The van der Waals surface area contributed by atoms with Gasteiger partial charge in [0, 0.05) is 24.3 Å². The number of carbonyl (C=O) groups excluding carboxylic acids is 2. The number of nitrogens with zero attached hydrogens (tertiary/aromatic N) is 2. The first kappa shape index (κ1) is 27.7. The van der Waals surface area contributed by atoms with E-state index in [0.29, 0.717) is 17.0 Å². The van der Waals surface area contributed by atoms with Crippen LogP contribution in [-0.4, -0.2) is 47.6 Å². The Hall–Kier alpha value is -3.84. The van der Waals surface area contributed by atoms with Crippen molar-refractivity contribution in [2.24, 2.45) is 12.8 Å². The first-order valence-corrected chi connectivity index (χ1v) is 10.9. The summed E-state index contributed by atoms with van der Waals surface area (Å²) in [7, 11) is 2.66. The highest BCUT2D eigenvalue weighted by Gasteiger charge is 2.42. The normalized spacial score (nSPS) is 12.1. The molecule has 0 fully saturated rings. The van der Waals surface area contributed by atoms with E-state index in [0.717, 1.165) is 19.2 Å². The molecule has 3 aromatic rings. The molecule has 1 heterocycles. The van der Waals surface area contributed by atoms with Crippen LogP contribution in [0.2, 0.25) is 5.02 Å². The molecule has 198 valence electrons. The van der Waals surface area contributed by atoms with Crippen LogP contribution in [0.1, 0.15) is 17.3 Å². The van der Waals surface area contributed by atoms with Gasteiger partial charge in [-0.05, 0) is 37.3 Å². The fraction of sp³-hybridized carbons (Fsp3) is 0.261. The van der Waals surface area contributed by atoms with Gasteiger partial charge in [0.2, 0.25) is 5.75 Å². The summed E-state index contributed by atoms with van der Waals surface area (Å²) in [4.78, 5) is 24.1. The number of hydrogen-bond donors (Lipinski definition) is 2. The van der Waals surface area contributed by atoms with Crippen molar-refractivity contribution < 1.29 is 41.4 Å². The van der Waals surface area contributed by atoms with Gasteiger partial charge in [0.25, 0.3) is 5.91 Å². The minimum absolute atomic E-state index is 0.162. The highest BCUT2D eigenvalue weighted by atomic mass is 35.5. The Balaban J connectivity index is 1.97. The third kappa shape index (κ3) is 6.30. The molecule has 3 rings (SSSR count). The Morgan fingerprint density at radius 2 is 1.89 bits per heavy atom. The minimum atomic E-state index is -5.40. The summed E-state index contributed by atoms with van der Waals surface area (Å²) in [6, 6.07) is 6.14. The number of benzene rings is 2. The lowest BCUT2D eigenvalue weighted by atomic mass is 10.1. The number of aryl methyl sites for hydroxylation is 1. The molecule has 0 radical (unpaired) electrons. The monoisotopic (exact) mass is 544 g/mol. The number of carbonyl (C=O) groups is 2. The van der Waals surface area contributed by atoms with Crippen molar-refractivity contribution in [3.8, 4) is 28.5 Å². The van der Waals surface area contributed by atoms with Gasteiger partial charge in [0.1, 0.15) is 12.4 Å². The van der Waals surface area contributed by atoms with Crippen molar-refractivity contribution in [1.29, 1.82) is 0 Å². The zero-order valence-electron chi connectivity index (χ0n) is 19.7. The molecule has 0 unspecified atom stereocenters. The first-order valence-electron chi connectivity index (χ1n) is 10.5. The standard InChI is InChI=1S/C23H21ClF4N4O5/c1-11(29)10-36-16-6-4-12(8-14(16)19-15(24)9-30-32(19)2)31-21(33)13-5-7-17(35-3)20(18(13)25)37-22(34)23(26,27)28/h4-9,11H,10,29H2,1-3H3,(H,31,33)/t11-/m1/s1. The van der Waals surface area contributed by atoms with Crippen LogP contribution in [0.15, 0.2) is 36.5 Å². The quantitative estimate of drug-likeness (QED) is 0.246. The third-order valence-electron chi connectivity index (χ3n) is 4.84. The van der Waals surface area contributed by atoms with Crippen molar-refractivity contribution in [1.82, 2.24) is 9.78 Å². The van der Waals surface area contributed by atoms with Gasteiger partial charge in [-0.15, -0.1) is 0 Å². The maximum atomic E-state index is 15.0. The highest BCUT2D eigenvalue weighted by Crippen LogP contribution is 2.38. The van der Waals surface area contributed by atoms with Crippen LogP contribution in [0.3, 0.4) is 0 Å². The van der Waals surface area contributed by atoms with Gasteiger partial charge >= 0.3 is 12.1 Å². The third-order valence-corrected chi connectivity index (χ3v) is 5.12. The predicted molar refractivity (Wildman–Crippen MR) is 125 cm³/mol. The maximum Gasteiger partial charge on any atom is 0.491 e. The maximum absolute atomic E-state index is 15.0. The molecule has 3 N–H and O–H groups in total. The lowest BCUT2D eigenvalue weighted by Gasteiger charge is -2.16. The Bertz CT molecular complexity index is 1310. The second-order valence-corrected chi connectivity index (χ2v) is 8.17. The van der Waals surface area contributed by atoms with Crippen LogP contribution >= 0.6 is 11.6 Å². The molecule has 1 aromatic heterocycles. The zero-order valence-corrected chi connectivity index (χ0v) is 20.4. The summed E-state index contributed by atoms with van der Waals surface area (Å²) >= 11 is 6.27. The summed E-state index contributed by atoms with van der Waals surface area (Å²) in [5.41, 5.74) is 6.10. The first-order chi connectivity index (χ1) is 17.3. The van der Waals surface area contributed by atoms with Crippen molar-refractivity contribution >= 4 is 29.2 Å². The number of nitrogens with one attached hydrogen (secondary N) is 1. The van der Waals surface area contributed by atoms with Gasteiger partial charge in [0.15, 0.2) is 11.6 Å². The largest absolute Gasteiger partial charge is 0.493 e. The highest BCUT2D eigenvalue weighted by molar-refractivity contribution is 6.33. The van der Waals surface area contributed by atoms with Crippen molar-refractivity contribution in [3.63, 3.8) is 0 Å². The van der Waals surface area contributed by atoms with Crippen molar-refractivity contribution in [2.75, 3.05) is 19.0 Å². The molecule has 0 bridgehead atoms. The smallest absolute Gasteiger partial charge is 0.491 e. The number of aromatic nitrogens is 2. The van der Waals surface area contributed by atoms with Crippen molar-refractivity contribution in [3.05, 3.63) is 52.9 Å². The Labute approximate surface area is 213 Å². The summed E-state index contributed by atoms with van der Waals surface area (Å²) < 4.78 is 69.1. The number of ether oxygens (including phenoxy) is 3. The van der Waals surface area contributed by atoms with Crippen LogP contribution in [0.5, 0.6) is 17.2 Å². The lowest BCUT2D eigenvalue weighted by Crippen LogP contribution is -2.28. The molecule has 0 spiro atoms. The van der Waals surface area contributed by atoms with Crippen LogP contribution < -0.4 is 25.3 Å². The van der Waals surface area contributed by atoms with Crippen LogP contribution in [0.25, 0.3) is 11.3 Å². The molecule has 0 saturated carbocycles. The van der Waals surface area contributed by atoms with Crippen LogP contribution in [0, 0.1) is 5.82 Å². The van der Waals surface area contributed by atoms with Gasteiger partial charge in [-0.25, -0.2) is 9.18 Å². The molecule has 1 atom stereocenters. The number of hydrogen-bond acceptors (Lipinski definition) is 7. The summed E-state index contributed by atoms with van der Waals surface area (Å²) in [5.74, 6) is -6.58. The van der Waals surface area contributed by atoms with E-state index in [4.69, 9.17) is 26.8 Å². The van der Waals surface area contributed by atoms with Gasteiger partial charge in [0.05, 0.1) is 29.6 Å². The second kappa shape index (κ2) is 11.0. The predicted octanol–water partition coefficient (Wildman–Crippen LogP) is 4.33. The Kier molecular flexibility index (Phi) is 8.28. The molecule has 2 aromatic carbocycles. The number of methoxy groups -OCH3 is 1. The summed E-state index contributed by atoms with van der Waals surface area (Å²) in [6.45, 7) is 1.92. The van der Waals surface area contributed by atoms with E-state index >= 15 is 4.39 Å². The molecule has 0 saturated heterocycles. The molecule has 37 heavy (non-hydrogen) atoms. The van der Waals surface area contributed by atoms with E-state index in [2.05, 4.69) is 15.2 Å². The molecule has 1 amide bonds. The topological polar surface area (TPSA) is 118 Å². The molecular weight excluding hydrogens is 524 g/mol. The van der Waals surface area contributed by atoms with Gasteiger partial charge in [-0.1, -0.05) is 11.6 Å². The van der Waals surface area contributed by atoms with E-state index in [-0.39, 0.29) is 23.4 Å². The number of rotatable bonds is 8. The molecule has 0 aliphatic heterocycles. The van der Waals surface area contributed by atoms with Crippen molar-refractivity contribution in [2.45, 2.75) is 19.1 Å². The van der Waals surface area contributed by atoms with E-state index < -0.39 is 40.9 Å². The van der Waals surface area contributed by atoms with E-state index in [1.165, 1.54) is 29.1 Å².